The second-order valence-corrected chi connectivity index (χ2v) is 6.56. The van der Waals surface area contributed by atoms with E-state index in [2.05, 4.69) is 42.0 Å². The predicted molar refractivity (Wildman–Crippen MR) is 86.3 cm³/mol. The Labute approximate surface area is 125 Å². The van der Waals surface area contributed by atoms with Crippen molar-refractivity contribution in [2.75, 3.05) is 19.0 Å². The molecule has 0 saturated heterocycles. The van der Waals surface area contributed by atoms with Crippen LogP contribution in [0.3, 0.4) is 0 Å². The van der Waals surface area contributed by atoms with Crippen molar-refractivity contribution < 1.29 is 4.74 Å². The molecule has 0 aliphatic heterocycles. The summed E-state index contributed by atoms with van der Waals surface area (Å²) in [4.78, 5) is 0. The van der Waals surface area contributed by atoms with Crippen molar-refractivity contribution in [1.82, 2.24) is 0 Å². The molecule has 3 N–H and O–H groups in total. The summed E-state index contributed by atoms with van der Waals surface area (Å²) in [6.45, 7) is 11.2. The molecule has 1 aromatic carbocycles. The van der Waals surface area contributed by atoms with Crippen LogP contribution in [0.15, 0.2) is 4.47 Å². The van der Waals surface area contributed by atoms with Crippen LogP contribution in [0.4, 0.5) is 5.69 Å². The molecule has 1 aromatic rings. The molecule has 0 aromatic heterocycles. The fourth-order valence-corrected chi connectivity index (χ4v) is 2.56. The number of hydrogen-bond donors (Lipinski definition) is 2. The minimum atomic E-state index is -0.162. The molecule has 0 radical (unpaired) electrons. The Morgan fingerprint density at radius 3 is 2.21 bits per heavy atom. The van der Waals surface area contributed by atoms with Gasteiger partial charge in [-0.3, -0.25) is 0 Å². The molecule has 0 saturated carbocycles. The average Bonchev–Trinajstić information content (AvgIpc) is 2.32. The third kappa shape index (κ3) is 3.86. The van der Waals surface area contributed by atoms with E-state index < -0.39 is 0 Å². The van der Waals surface area contributed by atoms with Gasteiger partial charge in [-0.1, -0.05) is 15.9 Å². The SMILES string of the molecule is COc1c(C)c(C)c(Br)c(C)c1NCCC(C)(C)N. The Balaban J connectivity index is 3.06. The summed E-state index contributed by atoms with van der Waals surface area (Å²) in [7, 11) is 1.72. The number of nitrogens with one attached hydrogen (secondary N) is 1. The summed E-state index contributed by atoms with van der Waals surface area (Å²) >= 11 is 3.66. The van der Waals surface area contributed by atoms with E-state index in [-0.39, 0.29) is 5.54 Å². The van der Waals surface area contributed by atoms with Crippen molar-refractivity contribution in [2.24, 2.45) is 5.73 Å². The Kier molecular flexibility index (Phi) is 5.27. The highest BCUT2D eigenvalue weighted by molar-refractivity contribution is 9.10. The molecule has 1 rings (SSSR count). The number of hydrogen-bond acceptors (Lipinski definition) is 3. The smallest absolute Gasteiger partial charge is 0.145 e. The number of anilines is 1. The first-order valence-electron chi connectivity index (χ1n) is 6.55. The van der Waals surface area contributed by atoms with Crippen LogP contribution >= 0.6 is 15.9 Å². The van der Waals surface area contributed by atoms with E-state index in [4.69, 9.17) is 10.5 Å². The van der Waals surface area contributed by atoms with Gasteiger partial charge in [-0.05, 0) is 57.7 Å². The molecule has 0 amide bonds. The van der Waals surface area contributed by atoms with Crippen molar-refractivity contribution in [3.63, 3.8) is 0 Å². The fourth-order valence-electron chi connectivity index (χ4n) is 2.06. The zero-order valence-electron chi connectivity index (χ0n) is 12.8. The summed E-state index contributed by atoms with van der Waals surface area (Å²) in [5.41, 5.74) is 10.5. The van der Waals surface area contributed by atoms with Crippen LogP contribution in [0, 0.1) is 20.8 Å². The number of nitrogens with two attached hydrogens (primary N) is 1. The van der Waals surface area contributed by atoms with Crippen molar-refractivity contribution in [3.8, 4) is 5.75 Å². The lowest BCUT2D eigenvalue weighted by Crippen LogP contribution is -2.34. The number of halogens is 1. The van der Waals surface area contributed by atoms with Crippen LogP contribution in [0.1, 0.15) is 37.0 Å². The van der Waals surface area contributed by atoms with E-state index in [1.165, 1.54) is 11.1 Å². The summed E-state index contributed by atoms with van der Waals surface area (Å²) in [6.07, 6.45) is 0.903. The highest BCUT2D eigenvalue weighted by atomic mass is 79.9. The second-order valence-electron chi connectivity index (χ2n) is 5.76. The van der Waals surface area contributed by atoms with Gasteiger partial charge in [0.15, 0.2) is 0 Å². The first-order chi connectivity index (χ1) is 8.69. The Hall–Kier alpha value is -0.740. The van der Waals surface area contributed by atoms with Gasteiger partial charge in [-0.15, -0.1) is 0 Å². The quantitative estimate of drug-likeness (QED) is 0.861. The maximum absolute atomic E-state index is 6.01. The highest BCUT2D eigenvalue weighted by Gasteiger charge is 2.17. The van der Waals surface area contributed by atoms with Gasteiger partial charge in [0.1, 0.15) is 5.75 Å². The number of rotatable bonds is 5. The van der Waals surface area contributed by atoms with E-state index in [0.29, 0.717) is 0 Å². The van der Waals surface area contributed by atoms with E-state index in [1.807, 2.05) is 13.8 Å². The van der Waals surface area contributed by atoms with Gasteiger partial charge in [0.25, 0.3) is 0 Å². The maximum Gasteiger partial charge on any atom is 0.145 e. The molecule has 0 atom stereocenters. The molecule has 0 spiro atoms. The molecular formula is C15H25BrN2O. The molecule has 3 nitrogen and oxygen atoms in total. The number of benzene rings is 1. The lowest BCUT2D eigenvalue weighted by Gasteiger charge is -2.22. The fraction of sp³-hybridized carbons (Fsp3) is 0.600. The Morgan fingerprint density at radius 1 is 1.16 bits per heavy atom. The molecule has 19 heavy (non-hydrogen) atoms. The van der Waals surface area contributed by atoms with Crippen molar-refractivity contribution in [3.05, 3.63) is 21.2 Å². The van der Waals surface area contributed by atoms with E-state index >= 15 is 0 Å². The predicted octanol–water partition coefficient (Wildman–Crippen LogP) is 3.92. The molecule has 0 aliphatic carbocycles. The van der Waals surface area contributed by atoms with Crippen LogP contribution in [0.25, 0.3) is 0 Å². The minimum absolute atomic E-state index is 0.162. The van der Waals surface area contributed by atoms with Gasteiger partial charge in [0, 0.05) is 16.6 Å². The first-order valence-corrected chi connectivity index (χ1v) is 7.34. The largest absolute Gasteiger partial charge is 0.494 e. The molecule has 0 heterocycles. The molecular weight excluding hydrogens is 304 g/mol. The molecule has 0 fully saturated rings. The van der Waals surface area contributed by atoms with Gasteiger partial charge >= 0.3 is 0 Å². The Morgan fingerprint density at radius 2 is 1.74 bits per heavy atom. The van der Waals surface area contributed by atoms with Crippen LogP contribution in [-0.2, 0) is 0 Å². The summed E-state index contributed by atoms with van der Waals surface area (Å²) in [5, 5.41) is 3.46. The summed E-state index contributed by atoms with van der Waals surface area (Å²) in [5.74, 6) is 0.924. The van der Waals surface area contributed by atoms with E-state index in [0.717, 1.165) is 34.4 Å². The van der Waals surface area contributed by atoms with Crippen molar-refractivity contribution in [1.29, 1.82) is 0 Å². The van der Waals surface area contributed by atoms with Crippen molar-refractivity contribution in [2.45, 2.75) is 46.6 Å². The lowest BCUT2D eigenvalue weighted by molar-refractivity contribution is 0.412. The normalized spacial score (nSPS) is 11.6. The van der Waals surface area contributed by atoms with Crippen LogP contribution in [0.2, 0.25) is 0 Å². The van der Waals surface area contributed by atoms with Crippen LogP contribution in [-0.4, -0.2) is 19.2 Å². The lowest BCUT2D eigenvalue weighted by atomic mass is 10.0. The maximum atomic E-state index is 6.01. The zero-order chi connectivity index (χ0) is 14.8. The molecule has 108 valence electrons. The van der Waals surface area contributed by atoms with Crippen molar-refractivity contribution >= 4 is 21.6 Å². The summed E-state index contributed by atoms with van der Waals surface area (Å²) in [6, 6.07) is 0. The third-order valence-electron chi connectivity index (χ3n) is 3.44. The van der Waals surface area contributed by atoms with Gasteiger partial charge in [-0.25, -0.2) is 0 Å². The highest BCUT2D eigenvalue weighted by Crippen LogP contribution is 2.39. The minimum Gasteiger partial charge on any atom is -0.494 e. The van der Waals surface area contributed by atoms with E-state index in [9.17, 15) is 0 Å². The second kappa shape index (κ2) is 6.14. The molecule has 0 bridgehead atoms. The number of methoxy groups -OCH3 is 1. The zero-order valence-corrected chi connectivity index (χ0v) is 14.4. The average molecular weight is 329 g/mol. The van der Waals surface area contributed by atoms with Gasteiger partial charge < -0.3 is 15.8 Å². The third-order valence-corrected chi connectivity index (χ3v) is 4.63. The summed E-state index contributed by atoms with van der Waals surface area (Å²) < 4.78 is 6.70. The molecule has 4 heteroatoms. The first kappa shape index (κ1) is 16.3. The number of ether oxygens (including phenoxy) is 1. The van der Waals surface area contributed by atoms with Gasteiger partial charge in [0.2, 0.25) is 0 Å². The van der Waals surface area contributed by atoms with E-state index in [1.54, 1.807) is 7.11 Å². The van der Waals surface area contributed by atoms with Gasteiger partial charge in [-0.2, -0.15) is 0 Å². The molecule has 0 aliphatic rings. The molecule has 0 unspecified atom stereocenters. The topological polar surface area (TPSA) is 47.3 Å². The Bertz CT molecular complexity index is 464. The van der Waals surface area contributed by atoms with Crippen LogP contribution in [0.5, 0.6) is 5.75 Å². The van der Waals surface area contributed by atoms with Gasteiger partial charge in [0.05, 0.1) is 12.8 Å². The monoisotopic (exact) mass is 328 g/mol. The van der Waals surface area contributed by atoms with Crippen LogP contribution < -0.4 is 15.8 Å². The standard InChI is InChI=1S/C15H25BrN2O/c1-9-10(2)14(19-6)13(11(3)12(9)16)18-8-7-15(4,5)17/h18H,7-8,17H2,1-6H3.